The number of likely N-dealkylation sites (tertiary alicyclic amines) is 1. The van der Waals surface area contributed by atoms with Crippen LogP contribution in [0.3, 0.4) is 0 Å². The number of methoxy groups -OCH3 is 1. The summed E-state index contributed by atoms with van der Waals surface area (Å²) in [6, 6.07) is 8.27. The maximum atomic E-state index is 12.9. The van der Waals surface area contributed by atoms with E-state index in [4.69, 9.17) is 10.5 Å². The molecule has 1 saturated carbocycles. The van der Waals surface area contributed by atoms with Crippen LogP contribution in [0.25, 0.3) is 11.1 Å². The van der Waals surface area contributed by atoms with Gasteiger partial charge in [-0.15, -0.1) is 0 Å². The molecule has 2 heterocycles. The molecule has 6 heteroatoms. The summed E-state index contributed by atoms with van der Waals surface area (Å²) in [5.41, 5.74) is 9.48. The van der Waals surface area contributed by atoms with E-state index in [0.717, 1.165) is 68.5 Å². The largest absolute Gasteiger partial charge is 0.497 e. The van der Waals surface area contributed by atoms with E-state index in [1.807, 2.05) is 24.4 Å². The molecule has 150 valence electrons. The molecular weight excluding hydrogens is 352 g/mol. The molecule has 3 N–H and O–H groups in total. The molecule has 1 aromatic carbocycles. The predicted octanol–water partition coefficient (Wildman–Crippen LogP) is 3.31. The molecule has 0 unspecified atom stereocenters. The number of nitrogens with zero attached hydrogens (tertiary/aromatic N) is 2. The van der Waals surface area contributed by atoms with Crippen molar-refractivity contribution in [1.82, 2.24) is 15.1 Å². The van der Waals surface area contributed by atoms with E-state index in [0.29, 0.717) is 11.8 Å². The van der Waals surface area contributed by atoms with Gasteiger partial charge < -0.3 is 15.4 Å². The van der Waals surface area contributed by atoms with Gasteiger partial charge in [0.15, 0.2) is 0 Å². The van der Waals surface area contributed by atoms with Crippen LogP contribution in [0.4, 0.5) is 0 Å². The van der Waals surface area contributed by atoms with Crippen LogP contribution < -0.4 is 10.5 Å². The van der Waals surface area contributed by atoms with Gasteiger partial charge in [0.25, 0.3) is 0 Å². The zero-order valence-corrected chi connectivity index (χ0v) is 16.6. The topological polar surface area (TPSA) is 84.2 Å². The number of nitrogens with two attached hydrogens (primary N) is 1. The molecule has 1 aliphatic carbocycles. The number of ether oxygens (including phenoxy) is 1. The molecule has 2 atom stereocenters. The summed E-state index contributed by atoms with van der Waals surface area (Å²) in [6.07, 6.45) is 7.79. The van der Waals surface area contributed by atoms with Crippen molar-refractivity contribution in [1.29, 1.82) is 0 Å². The highest BCUT2D eigenvalue weighted by Crippen LogP contribution is 2.35. The Hall–Kier alpha value is -2.34. The SMILES string of the molecule is COc1cccc(-c2cn[nH]c2C2CCN(C(=O)[C@H]3CCC[C@@H](N)C3)CC2)c1. The van der Waals surface area contributed by atoms with E-state index in [1.54, 1.807) is 7.11 Å². The second kappa shape index (κ2) is 8.35. The van der Waals surface area contributed by atoms with Gasteiger partial charge in [-0.2, -0.15) is 5.10 Å². The standard InChI is InChI=1S/C22H30N4O2/c1-28-19-7-3-4-16(13-19)20-14-24-25-21(20)15-8-10-26(11-9-15)22(27)17-5-2-6-18(23)12-17/h3-4,7,13-15,17-18H,2,5-6,8-12,23H2,1H3,(H,24,25)/t17-,18+/m0/s1. The van der Waals surface area contributed by atoms with E-state index in [-0.39, 0.29) is 12.0 Å². The normalized spacial score (nSPS) is 23.6. The zero-order valence-electron chi connectivity index (χ0n) is 16.6. The summed E-state index contributed by atoms with van der Waals surface area (Å²) in [5, 5.41) is 7.52. The first-order chi connectivity index (χ1) is 13.7. The third-order valence-corrected chi connectivity index (χ3v) is 6.33. The van der Waals surface area contributed by atoms with Crippen LogP contribution in [-0.2, 0) is 4.79 Å². The number of H-pyrrole nitrogens is 1. The van der Waals surface area contributed by atoms with Gasteiger partial charge in [0.2, 0.25) is 5.91 Å². The number of nitrogens with one attached hydrogen (secondary N) is 1. The van der Waals surface area contributed by atoms with Crippen molar-refractivity contribution >= 4 is 5.91 Å². The van der Waals surface area contributed by atoms with Crippen molar-refractivity contribution < 1.29 is 9.53 Å². The fraction of sp³-hybridized carbons (Fsp3) is 0.545. The molecule has 2 aliphatic rings. The number of aromatic nitrogens is 2. The monoisotopic (exact) mass is 382 g/mol. The lowest BCUT2D eigenvalue weighted by Crippen LogP contribution is -2.44. The van der Waals surface area contributed by atoms with Crippen molar-refractivity contribution in [2.45, 2.75) is 50.5 Å². The third-order valence-electron chi connectivity index (χ3n) is 6.33. The molecule has 2 fully saturated rings. The molecule has 2 aromatic rings. The van der Waals surface area contributed by atoms with Crippen molar-refractivity contribution in [3.63, 3.8) is 0 Å². The number of carbonyl (C=O) groups excluding carboxylic acids is 1. The number of amides is 1. The van der Waals surface area contributed by atoms with Crippen LogP contribution in [0.15, 0.2) is 30.5 Å². The Bertz CT molecular complexity index is 810. The minimum absolute atomic E-state index is 0.125. The minimum atomic E-state index is 0.125. The Morgan fingerprint density at radius 3 is 2.82 bits per heavy atom. The molecule has 6 nitrogen and oxygen atoms in total. The maximum Gasteiger partial charge on any atom is 0.225 e. The van der Waals surface area contributed by atoms with Gasteiger partial charge >= 0.3 is 0 Å². The van der Waals surface area contributed by atoms with Crippen LogP contribution in [0.5, 0.6) is 5.75 Å². The Balaban J connectivity index is 1.42. The Labute approximate surface area is 166 Å². The Morgan fingerprint density at radius 2 is 2.07 bits per heavy atom. The molecule has 0 bridgehead atoms. The lowest BCUT2D eigenvalue weighted by atomic mass is 9.84. The first-order valence-corrected chi connectivity index (χ1v) is 10.4. The molecule has 0 radical (unpaired) electrons. The average molecular weight is 383 g/mol. The fourth-order valence-electron chi connectivity index (χ4n) is 4.73. The molecule has 1 saturated heterocycles. The Kier molecular flexibility index (Phi) is 5.67. The van der Waals surface area contributed by atoms with Gasteiger partial charge in [-0.3, -0.25) is 9.89 Å². The van der Waals surface area contributed by atoms with E-state index in [1.165, 1.54) is 5.69 Å². The summed E-state index contributed by atoms with van der Waals surface area (Å²) in [4.78, 5) is 14.9. The summed E-state index contributed by atoms with van der Waals surface area (Å²) in [7, 11) is 1.68. The highest BCUT2D eigenvalue weighted by atomic mass is 16.5. The number of benzene rings is 1. The summed E-state index contributed by atoms with van der Waals surface area (Å²) >= 11 is 0. The molecule has 1 amide bonds. The first kappa shape index (κ1) is 19.0. The van der Waals surface area contributed by atoms with E-state index in [9.17, 15) is 4.79 Å². The highest BCUT2D eigenvalue weighted by Gasteiger charge is 2.32. The van der Waals surface area contributed by atoms with Crippen LogP contribution >= 0.6 is 0 Å². The quantitative estimate of drug-likeness (QED) is 0.850. The lowest BCUT2D eigenvalue weighted by Gasteiger charge is -2.36. The van der Waals surface area contributed by atoms with Gasteiger partial charge in [0.1, 0.15) is 5.75 Å². The number of hydrogen-bond donors (Lipinski definition) is 2. The first-order valence-electron chi connectivity index (χ1n) is 10.4. The van der Waals surface area contributed by atoms with Gasteiger partial charge in [0, 0.05) is 42.2 Å². The summed E-state index contributed by atoms with van der Waals surface area (Å²) in [6.45, 7) is 1.62. The number of rotatable bonds is 4. The van der Waals surface area contributed by atoms with Crippen LogP contribution in [0, 0.1) is 5.92 Å². The van der Waals surface area contributed by atoms with Gasteiger partial charge in [-0.1, -0.05) is 18.6 Å². The Morgan fingerprint density at radius 1 is 1.25 bits per heavy atom. The van der Waals surface area contributed by atoms with Crippen molar-refractivity contribution in [2.24, 2.45) is 11.7 Å². The molecule has 0 spiro atoms. The van der Waals surface area contributed by atoms with Crippen molar-refractivity contribution in [3.05, 3.63) is 36.2 Å². The van der Waals surface area contributed by atoms with E-state index >= 15 is 0 Å². The molecule has 28 heavy (non-hydrogen) atoms. The van der Waals surface area contributed by atoms with E-state index in [2.05, 4.69) is 21.2 Å². The average Bonchev–Trinajstić information content (AvgIpc) is 3.23. The summed E-state index contributed by atoms with van der Waals surface area (Å²) in [5.74, 6) is 1.67. The smallest absolute Gasteiger partial charge is 0.225 e. The number of carbonyl (C=O) groups is 1. The van der Waals surface area contributed by atoms with Gasteiger partial charge in [-0.05, 0) is 49.8 Å². The third kappa shape index (κ3) is 3.92. The molecular formula is C22H30N4O2. The maximum absolute atomic E-state index is 12.9. The number of aromatic amines is 1. The molecule has 1 aromatic heterocycles. The minimum Gasteiger partial charge on any atom is -0.497 e. The van der Waals surface area contributed by atoms with Gasteiger partial charge in [0.05, 0.1) is 13.3 Å². The van der Waals surface area contributed by atoms with Crippen LogP contribution in [0.2, 0.25) is 0 Å². The van der Waals surface area contributed by atoms with Crippen LogP contribution in [-0.4, -0.2) is 47.2 Å². The zero-order chi connectivity index (χ0) is 19.5. The van der Waals surface area contributed by atoms with Crippen molar-refractivity contribution in [2.75, 3.05) is 20.2 Å². The molecule has 1 aliphatic heterocycles. The van der Waals surface area contributed by atoms with E-state index < -0.39 is 0 Å². The number of hydrogen-bond acceptors (Lipinski definition) is 4. The lowest BCUT2D eigenvalue weighted by molar-refractivity contribution is -0.137. The summed E-state index contributed by atoms with van der Waals surface area (Å²) < 4.78 is 5.36. The van der Waals surface area contributed by atoms with Crippen molar-refractivity contribution in [3.8, 4) is 16.9 Å². The molecule has 4 rings (SSSR count). The van der Waals surface area contributed by atoms with Crippen LogP contribution in [0.1, 0.15) is 50.1 Å². The number of piperidine rings is 1. The highest BCUT2D eigenvalue weighted by molar-refractivity contribution is 5.79. The second-order valence-corrected chi connectivity index (χ2v) is 8.15. The van der Waals surface area contributed by atoms with Gasteiger partial charge in [-0.25, -0.2) is 0 Å². The fourth-order valence-corrected chi connectivity index (χ4v) is 4.73. The second-order valence-electron chi connectivity index (χ2n) is 8.15. The predicted molar refractivity (Wildman–Crippen MR) is 109 cm³/mol.